The molecule has 2 rings (SSSR count). The van der Waals surface area contributed by atoms with Gasteiger partial charge in [0.05, 0.1) is 6.54 Å². The molecule has 1 aromatic carbocycles. The quantitative estimate of drug-likeness (QED) is 0.943. The van der Waals surface area contributed by atoms with Gasteiger partial charge in [0.1, 0.15) is 5.69 Å². The van der Waals surface area contributed by atoms with Crippen LogP contribution in [0.3, 0.4) is 0 Å². The molecular weight excluding hydrogens is 266 g/mol. The molecule has 1 aromatic heterocycles. The number of hydrogen-bond donors (Lipinski definition) is 1. The van der Waals surface area contributed by atoms with Crippen molar-refractivity contribution in [3.05, 3.63) is 69.6 Å². The number of carboxylic acids is 1. The van der Waals surface area contributed by atoms with E-state index in [0.29, 0.717) is 0 Å². The number of hydrogen-bond acceptors (Lipinski definition) is 2. The molecule has 4 heteroatoms. The van der Waals surface area contributed by atoms with E-state index in [1.54, 1.807) is 0 Å². The lowest BCUT2D eigenvalue weighted by Crippen LogP contribution is -2.25. The largest absolute Gasteiger partial charge is 0.477 e. The molecular formula is C17H19NO3. The van der Waals surface area contributed by atoms with Gasteiger partial charge in [-0.15, -0.1) is 0 Å². The number of benzene rings is 1. The Morgan fingerprint density at radius 3 is 2.24 bits per heavy atom. The number of carbonyl (C=O) groups is 1. The maximum Gasteiger partial charge on any atom is 0.352 e. The zero-order valence-electron chi connectivity index (χ0n) is 12.5. The first-order valence-corrected chi connectivity index (χ1v) is 6.81. The van der Waals surface area contributed by atoms with E-state index >= 15 is 0 Å². The second-order valence-electron chi connectivity index (χ2n) is 6.09. The number of pyridine rings is 1. The summed E-state index contributed by atoms with van der Waals surface area (Å²) in [6.07, 6.45) is 0. The highest BCUT2D eigenvalue weighted by Crippen LogP contribution is 2.22. The summed E-state index contributed by atoms with van der Waals surface area (Å²) in [6.45, 7) is 6.65. The fourth-order valence-corrected chi connectivity index (χ4v) is 2.16. The summed E-state index contributed by atoms with van der Waals surface area (Å²) in [4.78, 5) is 23.1. The molecule has 1 heterocycles. The predicted octanol–water partition coefficient (Wildman–Crippen LogP) is 2.89. The van der Waals surface area contributed by atoms with Gasteiger partial charge in [-0.3, -0.25) is 9.36 Å². The van der Waals surface area contributed by atoms with Gasteiger partial charge in [-0.2, -0.15) is 0 Å². The SMILES string of the molecule is CC(C)(C)c1ccc(Cn2c(C(=O)O)cccc2=O)cc1. The topological polar surface area (TPSA) is 59.3 Å². The van der Waals surface area contributed by atoms with Crippen molar-refractivity contribution in [1.82, 2.24) is 4.57 Å². The van der Waals surface area contributed by atoms with Crippen LogP contribution < -0.4 is 5.56 Å². The van der Waals surface area contributed by atoms with E-state index in [9.17, 15) is 9.59 Å². The number of nitrogens with zero attached hydrogens (tertiary/aromatic N) is 1. The van der Waals surface area contributed by atoms with Crippen LogP contribution in [0.5, 0.6) is 0 Å². The van der Waals surface area contributed by atoms with Crippen molar-refractivity contribution in [2.45, 2.75) is 32.7 Å². The summed E-state index contributed by atoms with van der Waals surface area (Å²) in [5.41, 5.74) is 1.86. The summed E-state index contributed by atoms with van der Waals surface area (Å²) < 4.78 is 1.27. The van der Waals surface area contributed by atoms with Crippen molar-refractivity contribution in [3.63, 3.8) is 0 Å². The van der Waals surface area contributed by atoms with Crippen molar-refractivity contribution >= 4 is 5.97 Å². The average molecular weight is 285 g/mol. The highest BCUT2D eigenvalue weighted by Gasteiger charge is 2.14. The number of aromatic nitrogens is 1. The smallest absolute Gasteiger partial charge is 0.352 e. The molecule has 0 aliphatic rings. The minimum Gasteiger partial charge on any atom is -0.477 e. The molecule has 0 atom stereocenters. The molecule has 0 fully saturated rings. The first kappa shape index (κ1) is 15.0. The van der Waals surface area contributed by atoms with Crippen LogP contribution in [-0.2, 0) is 12.0 Å². The van der Waals surface area contributed by atoms with Crippen molar-refractivity contribution in [1.29, 1.82) is 0 Å². The second-order valence-corrected chi connectivity index (χ2v) is 6.09. The van der Waals surface area contributed by atoms with Crippen LogP contribution >= 0.6 is 0 Å². The highest BCUT2D eigenvalue weighted by molar-refractivity contribution is 5.85. The van der Waals surface area contributed by atoms with E-state index in [4.69, 9.17) is 5.11 Å². The van der Waals surface area contributed by atoms with Crippen LogP contribution in [0.1, 0.15) is 42.4 Å². The molecule has 0 saturated heterocycles. The van der Waals surface area contributed by atoms with Crippen LogP contribution in [0, 0.1) is 0 Å². The fourth-order valence-electron chi connectivity index (χ4n) is 2.16. The summed E-state index contributed by atoms with van der Waals surface area (Å²) in [5.74, 6) is -1.10. The van der Waals surface area contributed by atoms with E-state index < -0.39 is 5.97 Å². The fraction of sp³-hybridized carbons (Fsp3) is 0.294. The van der Waals surface area contributed by atoms with E-state index in [0.717, 1.165) is 5.56 Å². The van der Waals surface area contributed by atoms with Gasteiger partial charge in [-0.1, -0.05) is 51.1 Å². The molecule has 0 saturated carbocycles. The number of rotatable bonds is 3. The minimum atomic E-state index is -1.10. The lowest BCUT2D eigenvalue weighted by Gasteiger charge is -2.19. The van der Waals surface area contributed by atoms with Crippen molar-refractivity contribution < 1.29 is 9.90 Å². The maximum absolute atomic E-state index is 11.9. The lowest BCUT2D eigenvalue weighted by atomic mass is 9.87. The first-order valence-electron chi connectivity index (χ1n) is 6.81. The van der Waals surface area contributed by atoms with E-state index in [-0.39, 0.29) is 23.2 Å². The van der Waals surface area contributed by atoms with Gasteiger partial charge in [-0.05, 0) is 22.6 Å². The van der Waals surface area contributed by atoms with E-state index in [1.165, 1.54) is 28.3 Å². The molecule has 0 bridgehead atoms. The minimum absolute atomic E-state index is 0.00222. The zero-order valence-corrected chi connectivity index (χ0v) is 12.5. The Hall–Kier alpha value is -2.36. The van der Waals surface area contributed by atoms with Crippen molar-refractivity contribution in [3.8, 4) is 0 Å². The molecule has 2 aromatic rings. The molecule has 0 spiro atoms. The Labute approximate surface area is 123 Å². The van der Waals surface area contributed by atoms with Crippen LogP contribution in [0.2, 0.25) is 0 Å². The normalized spacial score (nSPS) is 11.4. The maximum atomic E-state index is 11.9. The van der Waals surface area contributed by atoms with Crippen LogP contribution in [0.25, 0.3) is 0 Å². The summed E-state index contributed by atoms with van der Waals surface area (Å²) in [7, 11) is 0. The molecule has 0 amide bonds. The molecule has 0 aliphatic heterocycles. The van der Waals surface area contributed by atoms with Gasteiger partial charge in [0.25, 0.3) is 5.56 Å². The first-order chi connectivity index (χ1) is 9.79. The van der Waals surface area contributed by atoms with Crippen LogP contribution in [-0.4, -0.2) is 15.6 Å². The molecule has 4 nitrogen and oxygen atoms in total. The van der Waals surface area contributed by atoms with Gasteiger partial charge >= 0.3 is 5.97 Å². The van der Waals surface area contributed by atoms with E-state index in [2.05, 4.69) is 20.8 Å². The predicted molar refractivity (Wildman–Crippen MR) is 81.9 cm³/mol. The lowest BCUT2D eigenvalue weighted by molar-refractivity contribution is 0.0684. The molecule has 0 aliphatic carbocycles. The molecule has 0 unspecified atom stereocenters. The standard InChI is InChI=1S/C17H19NO3/c1-17(2,3)13-9-7-12(8-10-13)11-18-14(16(20)21)5-4-6-15(18)19/h4-10H,11H2,1-3H3,(H,20,21). The molecule has 1 N–H and O–H groups in total. The van der Waals surface area contributed by atoms with Crippen LogP contribution in [0.4, 0.5) is 0 Å². The average Bonchev–Trinajstić information content (AvgIpc) is 2.40. The molecule has 110 valence electrons. The highest BCUT2D eigenvalue weighted by atomic mass is 16.4. The Kier molecular flexibility index (Phi) is 3.98. The summed E-state index contributed by atoms with van der Waals surface area (Å²) in [6, 6.07) is 12.2. The van der Waals surface area contributed by atoms with Crippen molar-refractivity contribution in [2.24, 2.45) is 0 Å². The van der Waals surface area contributed by atoms with Crippen molar-refractivity contribution in [2.75, 3.05) is 0 Å². The third kappa shape index (κ3) is 3.40. The Morgan fingerprint density at radius 1 is 1.10 bits per heavy atom. The number of carboxylic acid groups (broad SMARTS) is 1. The third-order valence-electron chi connectivity index (χ3n) is 3.43. The van der Waals surface area contributed by atoms with Crippen LogP contribution in [0.15, 0.2) is 47.3 Å². The Balaban J connectivity index is 2.35. The Morgan fingerprint density at radius 2 is 1.71 bits per heavy atom. The third-order valence-corrected chi connectivity index (χ3v) is 3.43. The van der Waals surface area contributed by atoms with Gasteiger partial charge in [0, 0.05) is 6.07 Å². The Bertz CT molecular complexity index is 706. The summed E-state index contributed by atoms with van der Waals surface area (Å²) in [5, 5.41) is 9.16. The van der Waals surface area contributed by atoms with Gasteiger partial charge in [-0.25, -0.2) is 4.79 Å². The monoisotopic (exact) mass is 285 g/mol. The second kappa shape index (κ2) is 5.56. The van der Waals surface area contributed by atoms with Gasteiger partial charge in [0.15, 0.2) is 0 Å². The van der Waals surface area contributed by atoms with Gasteiger partial charge in [0.2, 0.25) is 0 Å². The zero-order chi connectivity index (χ0) is 15.6. The summed E-state index contributed by atoms with van der Waals surface area (Å²) >= 11 is 0. The molecule has 0 radical (unpaired) electrons. The van der Waals surface area contributed by atoms with E-state index in [1.807, 2.05) is 24.3 Å². The number of aromatic carboxylic acids is 1. The molecule has 21 heavy (non-hydrogen) atoms. The van der Waals surface area contributed by atoms with Gasteiger partial charge < -0.3 is 5.11 Å².